The van der Waals surface area contributed by atoms with Crippen LogP contribution in [0.1, 0.15) is 19.4 Å². The average molecular weight is 423 g/mol. The maximum atomic E-state index is 5.41. The van der Waals surface area contributed by atoms with Crippen molar-refractivity contribution in [3.63, 3.8) is 0 Å². The number of aliphatic imine (C=N–C) groups is 1. The highest BCUT2D eigenvalue weighted by Crippen LogP contribution is 2.34. The van der Waals surface area contributed by atoms with E-state index < -0.39 is 0 Å². The van der Waals surface area contributed by atoms with Crippen LogP contribution in [-0.4, -0.2) is 40.4 Å². The van der Waals surface area contributed by atoms with Gasteiger partial charge in [-0.05, 0) is 13.8 Å². The minimum atomic E-state index is 0. The van der Waals surface area contributed by atoms with E-state index in [4.69, 9.17) is 14.2 Å². The molecule has 7 heteroatoms. The van der Waals surface area contributed by atoms with Crippen molar-refractivity contribution >= 4 is 29.9 Å². The number of ether oxygens (including phenoxy) is 3. The van der Waals surface area contributed by atoms with Crippen LogP contribution in [0.25, 0.3) is 0 Å². The van der Waals surface area contributed by atoms with Crippen LogP contribution in [0.2, 0.25) is 0 Å². The molecule has 0 aliphatic carbocycles. The molecule has 0 unspecified atom stereocenters. The first kappa shape index (κ1) is 20.6. The summed E-state index contributed by atoms with van der Waals surface area (Å²) in [5.74, 6) is 2.85. The summed E-state index contributed by atoms with van der Waals surface area (Å²) in [6.07, 6.45) is 0. The molecule has 0 spiro atoms. The molecule has 0 aromatic heterocycles. The Morgan fingerprint density at radius 1 is 0.955 bits per heavy atom. The lowest BCUT2D eigenvalue weighted by molar-refractivity contribution is 0.369. The van der Waals surface area contributed by atoms with E-state index in [0.717, 1.165) is 24.6 Å². The smallest absolute Gasteiger partial charge is 0.191 e. The Balaban J connectivity index is 0.00000441. The van der Waals surface area contributed by atoms with E-state index in [0.29, 0.717) is 23.8 Å². The van der Waals surface area contributed by atoms with E-state index >= 15 is 0 Å². The number of hydrogen-bond donors (Lipinski definition) is 2. The second-order valence-corrected chi connectivity index (χ2v) is 4.24. The summed E-state index contributed by atoms with van der Waals surface area (Å²) in [4.78, 5) is 4.54. The Kier molecular flexibility index (Phi) is 10.5. The zero-order chi connectivity index (χ0) is 15.7. The molecule has 0 aliphatic heterocycles. The standard InChI is InChI=1S/C15H25N3O3.HI/c1-6-16-15(17-7-2)18-10-12-13(20-4)8-11(19-3)9-14(12)21-5;/h8-9H,6-7,10H2,1-5H3,(H2,16,17,18);1H. The van der Waals surface area contributed by atoms with Crippen LogP contribution >= 0.6 is 24.0 Å². The fourth-order valence-corrected chi connectivity index (χ4v) is 1.90. The van der Waals surface area contributed by atoms with Gasteiger partial charge in [-0.1, -0.05) is 0 Å². The first-order chi connectivity index (χ1) is 10.2. The van der Waals surface area contributed by atoms with Crippen molar-refractivity contribution in [3.05, 3.63) is 17.7 Å². The lowest BCUT2D eigenvalue weighted by Gasteiger charge is -2.15. The third-order valence-electron chi connectivity index (χ3n) is 2.90. The summed E-state index contributed by atoms with van der Waals surface area (Å²) < 4.78 is 16.1. The van der Waals surface area contributed by atoms with Crippen molar-refractivity contribution in [3.8, 4) is 17.2 Å². The lowest BCUT2D eigenvalue weighted by Crippen LogP contribution is -2.37. The van der Waals surface area contributed by atoms with Gasteiger partial charge in [-0.15, -0.1) is 24.0 Å². The van der Waals surface area contributed by atoms with Gasteiger partial charge in [-0.3, -0.25) is 0 Å². The highest BCUT2D eigenvalue weighted by atomic mass is 127. The molecule has 1 aromatic carbocycles. The molecule has 0 saturated carbocycles. The normalized spacial score (nSPS) is 9.32. The summed E-state index contributed by atoms with van der Waals surface area (Å²) in [6.45, 7) is 6.12. The third kappa shape index (κ3) is 5.78. The van der Waals surface area contributed by atoms with Gasteiger partial charge in [-0.2, -0.15) is 0 Å². The predicted octanol–water partition coefficient (Wildman–Crippen LogP) is 2.41. The highest BCUT2D eigenvalue weighted by molar-refractivity contribution is 14.0. The Morgan fingerprint density at radius 2 is 1.45 bits per heavy atom. The Hall–Kier alpha value is -1.38. The molecule has 0 radical (unpaired) electrons. The molecule has 0 aliphatic rings. The highest BCUT2D eigenvalue weighted by Gasteiger charge is 2.13. The number of guanidine groups is 1. The Morgan fingerprint density at radius 3 is 1.82 bits per heavy atom. The maximum absolute atomic E-state index is 5.41. The molecule has 22 heavy (non-hydrogen) atoms. The first-order valence-corrected chi connectivity index (χ1v) is 7.01. The van der Waals surface area contributed by atoms with E-state index in [1.165, 1.54) is 0 Å². The lowest BCUT2D eigenvalue weighted by atomic mass is 10.1. The monoisotopic (exact) mass is 423 g/mol. The molecule has 0 fully saturated rings. The molecule has 0 atom stereocenters. The number of benzene rings is 1. The summed E-state index contributed by atoms with van der Waals surface area (Å²) in [6, 6.07) is 3.65. The number of halogens is 1. The number of nitrogens with zero attached hydrogens (tertiary/aromatic N) is 1. The zero-order valence-electron chi connectivity index (χ0n) is 13.9. The van der Waals surface area contributed by atoms with Gasteiger partial charge in [0.15, 0.2) is 5.96 Å². The van der Waals surface area contributed by atoms with Gasteiger partial charge in [0, 0.05) is 25.2 Å². The molecule has 1 rings (SSSR count). The number of methoxy groups -OCH3 is 3. The number of rotatable bonds is 7. The maximum Gasteiger partial charge on any atom is 0.191 e. The average Bonchev–Trinajstić information content (AvgIpc) is 2.52. The SMILES string of the molecule is CCNC(=NCc1c(OC)cc(OC)cc1OC)NCC.I. The first-order valence-electron chi connectivity index (χ1n) is 7.01. The molecular formula is C15H26IN3O3. The molecule has 0 amide bonds. The van der Waals surface area contributed by atoms with Crippen molar-refractivity contribution < 1.29 is 14.2 Å². The van der Waals surface area contributed by atoms with Gasteiger partial charge in [0.05, 0.1) is 33.4 Å². The van der Waals surface area contributed by atoms with Crippen molar-refractivity contribution in [1.82, 2.24) is 10.6 Å². The second kappa shape index (κ2) is 11.2. The Bertz CT molecular complexity index is 448. The van der Waals surface area contributed by atoms with Gasteiger partial charge in [0.1, 0.15) is 17.2 Å². The van der Waals surface area contributed by atoms with E-state index in [2.05, 4.69) is 15.6 Å². The summed E-state index contributed by atoms with van der Waals surface area (Å²) in [5, 5.41) is 6.37. The van der Waals surface area contributed by atoms with E-state index in [9.17, 15) is 0 Å². The molecule has 0 heterocycles. The molecule has 0 bridgehead atoms. The van der Waals surface area contributed by atoms with Crippen LogP contribution in [0.15, 0.2) is 17.1 Å². The minimum Gasteiger partial charge on any atom is -0.496 e. The molecular weight excluding hydrogens is 397 g/mol. The second-order valence-electron chi connectivity index (χ2n) is 4.24. The molecule has 6 nitrogen and oxygen atoms in total. The van der Waals surface area contributed by atoms with Crippen LogP contribution in [-0.2, 0) is 6.54 Å². The van der Waals surface area contributed by atoms with Gasteiger partial charge < -0.3 is 24.8 Å². The van der Waals surface area contributed by atoms with Gasteiger partial charge in [0.2, 0.25) is 0 Å². The predicted molar refractivity (Wildman–Crippen MR) is 100 cm³/mol. The number of hydrogen-bond acceptors (Lipinski definition) is 4. The Labute approximate surface area is 149 Å². The topological polar surface area (TPSA) is 64.1 Å². The van der Waals surface area contributed by atoms with E-state index in [1.807, 2.05) is 26.0 Å². The minimum absolute atomic E-state index is 0. The van der Waals surface area contributed by atoms with Crippen molar-refractivity contribution in [2.75, 3.05) is 34.4 Å². The van der Waals surface area contributed by atoms with Crippen LogP contribution in [0.3, 0.4) is 0 Å². The number of nitrogens with one attached hydrogen (secondary N) is 2. The van der Waals surface area contributed by atoms with Gasteiger partial charge >= 0.3 is 0 Å². The van der Waals surface area contributed by atoms with Crippen molar-refractivity contribution in [2.45, 2.75) is 20.4 Å². The molecule has 0 saturated heterocycles. The molecule has 126 valence electrons. The van der Waals surface area contributed by atoms with Crippen molar-refractivity contribution in [1.29, 1.82) is 0 Å². The van der Waals surface area contributed by atoms with Crippen LogP contribution < -0.4 is 24.8 Å². The van der Waals surface area contributed by atoms with Crippen molar-refractivity contribution in [2.24, 2.45) is 4.99 Å². The summed E-state index contributed by atoms with van der Waals surface area (Å²) in [5.41, 5.74) is 0.883. The van der Waals surface area contributed by atoms with Crippen LogP contribution in [0, 0.1) is 0 Å². The fourth-order valence-electron chi connectivity index (χ4n) is 1.90. The quantitative estimate of drug-likeness (QED) is 0.401. The van der Waals surface area contributed by atoms with Gasteiger partial charge in [0.25, 0.3) is 0 Å². The zero-order valence-corrected chi connectivity index (χ0v) is 16.2. The summed E-state index contributed by atoms with van der Waals surface area (Å²) >= 11 is 0. The molecule has 2 N–H and O–H groups in total. The van der Waals surface area contributed by atoms with Crippen LogP contribution in [0.4, 0.5) is 0 Å². The fraction of sp³-hybridized carbons (Fsp3) is 0.533. The third-order valence-corrected chi connectivity index (χ3v) is 2.90. The summed E-state index contributed by atoms with van der Waals surface area (Å²) in [7, 11) is 4.86. The van der Waals surface area contributed by atoms with E-state index in [-0.39, 0.29) is 24.0 Å². The van der Waals surface area contributed by atoms with Gasteiger partial charge in [-0.25, -0.2) is 4.99 Å². The largest absolute Gasteiger partial charge is 0.496 e. The van der Waals surface area contributed by atoms with E-state index in [1.54, 1.807) is 21.3 Å². The van der Waals surface area contributed by atoms with Crippen LogP contribution in [0.5, 0.6) is 17.2 Å². The molecule has 1 aromatic rings.